The lowest BCUT2D eigenvalue weighted by Crippen LogP contribution is -2.39. The Balaban J connectivity index is 1.49. The lowest BCUT2D eigenvalue weighted by Gasteiger charge is -2.35. The molecule has 10 nitrogen and oxygen atoms in total. The van der Waals surface area contributed by atoms with Crippen LogP contribution in [0.25, 0.3) is 10.9 Å². The molecule has 0 bridgehead atoms. The summed E-state index contributed by atoms with van der Waals surface area (Å²) < 4.78 is 12.2. The number of halogens is 1. The average molecular weight is 557 g/mol. The number of esters is 1. The van der Waals surface area contributed by atoms with Crippen LogP contribution in [0.1, 0.15) is 26.7 Å². The summed E-state index contributed by atoms with van der Waals surface area (Å²) >= 11 is 6.45. The number of aromatic nitrogens is 3. The van der Waals surface area contributed by atoms with Gasteiger partial charge in [-0.25, -0.2) is 9.78 Å². The number of piperidine rings is 1. The largest absolute Gasteiger partial charge is 0.476 e. The number of carbonyl (C=O) groups excluding carboxylic acids is 1. The van der Waals surface area contributed by atoms with Crippen molar-refractivity contribution in [2.75, 3.05) is 57.2 Å². The van der Waals surface area contributed by atoms with E-state index in [9.17, 15) is 9.59 Å². The fraction of sp³-hybridized carbons (Fsp3) is 0.500. The van der Waals surface area contributed by atoms with Gasteiger partial charge in [-0.2, -0.15) is 4.98 Å². The molecule has 0 spiro atoms. The Morgan fingerprint density at radius 3 is 2.67 bits per heavy atom. The van der Waals surface area contributed by atoms with Gasteiger partial charge in [-0.3, -0.25) is 4.79 Å². The topological polar surface area (TPSA) is 102 Å². The van der Waals surface area contributed by atoms with Crippen molar-refractivity contribution in [1.82, 2.24) is 19.4 Å². The maximum Gasteiger partial charge on any atom is 0.344 e. The number of hydrogen-bond acceptors (Lipinski definition) is 9. The van der Waals surface area contributed by atoms with E-state index in [1.165, 1.54) is 11.0 Å². The van der Waals surface area contributed by atoms with Gasteiger partial charge in [0.15, 0.2) is 18.2 Å². The second kappa shape index (κ2) is 12.7. The molecule has 0 radical (unpaired) electrons. The first-order valence-corrected chi connectivity index (χ1v) is 13.6. The third-order valence-electron chi connectivity index (χ3n) is 6.69. The van der Waals surface area contributed by atoms with Gasteiger partial charge < -0.3 is 29.2 Å². The van der Waals surface area contributed by atoms with Crippen molar-refractivity contribution in [3.8, 4) is 5.75 Å². The van der Waals surface area contributed by atoms with Crippen LogP contribution in [-0.4, -0.2) is 72.3 Å². The minimum Gasteiger partial charge on any atom is -0.476 e. The average Bonchev–Trinajstić information content (AvgIpc) is 2.88. The lowest BCUT2D eigenvalue weighted by molar-refractivity contribution is -0.146. The van der Waals surface area contributed by atoms with Crippen molar-refractivity contribution in [3.05, 3.63) is 45.8 Å². The first-order valence-electron chi connectivity index (χ1n) is 13.2. The summed E-state index contributed by atoms with van der Waals surface area (Å²) in [4.78, 5) is 38.3. The third-order valence-corrected chi connectivity index (χ3v) is 6.97. The Morgan fingerprint density at radius 2 is 1.95 bits per heavy atom. The number of fused-ring (bicyclic) bond motifs is 1. The van der Waals surface area contributed by atoms with Gasteiger partial charge >= 0.3 is 5.97 Å². The van der Waals surface area contributed by atoms with Crippen molar-refractivity contribution in [3.63, 3.8) is 0 Å². The van der Waals surface area contributed by atoms with Crippen LogP contribution in [0.5, 0.6) is 5.75 Å². The highest BCUT2D eigenvalue weighted by atomic mass is 35.5. The molecule has 1 aliphatic heterocycles. The molecule has 1 fully saturated rings. The van der Waals surface area contributed by atoms with E-state index >= 15 is 0 Å². The smallest absolute Gasteiger partial charge is 0.344 e. The van der Waals surface area contributed by atoms with Gasteiger partial charge in [-0.15, -0.1) is 0 Å². The predicted octanol–water partition coefficient (Wildman–Crippen LogP) is 4.08. The SMILES string of the molecule is C[C@@H]1C[C@H](C)CN(c2ncc(Cl)c(Nc3ccc4c(c3)cc(OCC(=O)OCCCN(C)C)c(=O)n4C)n2)C1. The zero-order valence-electron chi connectivity index (χ0n) is 23.2. The Kier molecular flexibility index (Phi) is 9.29. The molecule has 4 rings (SSSR count). The Bertz CT molecular complexity index is 1370. The molecule has 2 atom stereocenters. The van der Waals surface area contributed by atoms with Crippen molar-refractivity contribution in [1.29, 1.82) is 0 Å². The maximum atomic E-state index is 12.8. The monoisotopic (exact) mass is 556 g/mol. The van der Waals surface area contributed by atoms with Crippen LogP contribution >= 0.6 is 11.6 Å². The van der Waals surface area contributed by atoms with Crippen molar-refractivity contribution >= 4 is 45.9 Å². The highest BCUT2D eigenvalue weighted by Crippen LogP contribution is 2.30. The molecule has 39 heavy (non-hydrogen) atoms. The molecule has 11 heteroatoms. The molecule has 0 unspecified atom stereocenters. The van der Waals surface area contributed by atoms with Gasteiger partial charge in [0, 0.05) is 37.8 Å². The van der Waals surface area contributed by atoms with Crippen LogP contribution in [0.4, 0.5) is 17.5 Å². The summed E-state index contributed by atoms with van der Waals surface area (Å²) in [6.45, 7) is 7.07. The van der Waals surface area contributed by atoms with Gasteiger partial charge in [0.25, 0.3) is 5.56 Å². The summed E-state index contributed by atoms with van der Waals surface area (Å²) in [7, 11) is 5.58. The van der Waals surface area contributed by atoms with E-state index in [0.717, 1.165) is 42.6 Å². The first-order chi connectivity index (χ1) is 18.6. The lowest BCUT2D eigenvalue weighted by atomic mass is 9.92. The predicted molar refractivity (Wildman–Crippen MR) is 154 cm³/mol. The van der Waals surface area contributed by atoms with E-state index in [1.54, 1.807) is 19.3 Å². The summed E-state index contributed by atoms with van der Waals surface area (Å²) in [5, 5.41) is 4.45. The normalized spacial score (nSPS) is 17.5. The number of rotatable bonds is 10. The quantitative estimate of drug-likeness (QED) is 0.292. The van der Waals surface area contributed by atoms with Crippen LogP contribution in [0.2, 0.25) is 5.02 Å². The molecule has 2 aromatic heterocycles. The van der Waals surface area contributed by atoms with Crippen molar-refractivity contribution in [2.24, 2.45) is 18.9 Å². The molecule has 0 amide bonds. The highest BCUT2D eigenvalue weighted by molar-refractivity contribution is 6.32. The molecule has 210 valence electrons. The Hall–Kier alpha value is -3.37. The van der Waals surface area contributed by atoms with E-state index in [1.807, 2.05) is 37.2 Å². The highest BCUT2D eigenvalue weighted by Gasteiger charge is 2.24. The standard InChI is InChI=1S/C28H37ClN6O4/c1-18-11-19(2)16-35(15-18)28-30-14-22(29)26(32-28)31-21-7-8-23-20(12-21)13-24(27(37)34(23)5)39-17-25(36)38-10-6-9-33(3)4/h7-8,12-14,18-19H,6,9-11,15-17H2,1-5H3,(H,30,31,32)/t18-,19+. The minimum absolute atomic E-state index is 0.0723. The van der Waals surface area contributed by atoms with E-state index in [-0.39, 0.29) is 17.9 Å². The number of hydrogen-bond donors (Lipinski definition) is 1. The first kappa shape index (κ1) is 28.6. The van der Waals surface area contributed by atoms with Crippen LogP contribution < -0.4 is 20.5 Å². The van der Waals surface area contributed by atoms with Crippen LogP contribution in [0.15, 0.2) is 35.3 Å². The van der Waals surface area contributed by atoms with Gasteiger partial charge in [-0.1, -0.05) is 25.4 Å². The molecule has 3 heterocycles. The third kappa shape index (κ3) is 7.39. The van der Waals surface area contributed by atoms with Gasteiger partial charge in [0.05, 0.1) is 18.3 Å². The number of aryl methyl sites for hydroxylation is 1. The summed E-state index contributed by atoms with van der Waals surface area (Å²) in [5.41, 5.74) is 1.12. The molecular formula is C28H37ClN6O4. The van der Waals surface area contributed by atoms with Gasteiger partial charge in [0.2, 0.25) is 5.95 Å². The van der Waals surface area contributed by atoms with Crippen LogP contribution in [-0.2, 0) is 16.6 Å². The number of anilines is 3. The van der Waals surface area contributed by atoms with Crippen LogP contribution in [0, 0.1) is 11.8 Å². The van der Waals surface area contributed by atoms with E-state index < -0.39 is 5.97 Å². The van der Waals surface area contributed by atoms with Crippen molar-refractivity contribution < 1.29 is 14.3 Å². The zero-order chi connectivity index (χ0) is 28.1. The molecule has 0 aliphatic carbocycles. The molecular weight excluding hydrogens is 520 g/mol. The second-order valence-electron chi connectivity index (χ2n) is 10.7. The van der Waals surface area contributed by atoms with Crippen LogP contribution in [0.3, 0.4) is 0 Å². The Labute approximate surface area is 233 Å². The molecule has 1 aliphatic rings. The molecule has 1 saturated heterocycles. The fourth-order valence-electron chi connectivity index (χ4n) is 4.94. The molecule has 1 N–H and O–H groups in total. The Morgan fingerprint density at radius 1 is 1.21 bits per heavy atom. The number of nitrogens with one attached hydrogen (secondary N) is 1. The van der Waals surface area contributed by atoms with E-state index in [0.29, 0.717) is 35.2 Å². The van der Waals surface area contributed by atoms with Gasteiger partial charge in [-0.05, 0) is 63.0 Å². The minimum atomic E-state index is -0.516. The molecule has 1 aromatic carbocycles. The summed E-state index contributed by atoms with van der Waals surface area (Å²) in [6, 6.07) is 7.21. The summed E-state index contributed by atoms with van der Waals surface area (Å²) in [6.07, 6.45) is 3.53. The van der Waals surface area contributed by atoms with Crippen molar-refractivity contribution in [2.45, 2.75) is 26.7 Å². The number of carbonyl (C=O) groups is 1. The molecule has 0 saturated carbocycles. The number of ether oxygens (including phenoxy) is 2. The fourth-order valence-corrected chi connectivity index (χ4v) is 5.08. The maximum absolute atomic E-state index is 12.8. The number of benzene rings is 1. The van der Waals surface area contributed by atoms with E-state index in [4.69, 9.17) is 26.1 Å². The number of pyridine rings is 1. The zero-order valence-corrected chi connectivity index (χ0v) is 24.0. The van der Waals surface area contributed by atoms with E-state index in [2.05, 4.69) is 29.0 Å². The van der Waals surface area contributed by atoms with Gasteiger partial charge in [0.1, 0.15) is 5.02 Å². The molecule has 3 aromatic rings. The second-order valence-corrected chi connectivity index (χ2v) is 11.1. The number of nitrogens with zero attached hydrogens (tertiary/aromatic N) is 5. The summed E-state index contributed by atoms with van der Waals surface area (Å²) in [5.74, 6) is 1.84.